The first-order chi connectivity index (χ1) is 12.6. The zero-order chi connectivity index (χ0) is 18.1. The molecule has 0 heterocycles. The monoisotopic (exact) mass is 338 g/mol. The van der Waals surface area contributed by atoms with Crippen LogP contribution in [0.25, 0.3) is 32.3 Å². The molecule has 0 bridgehead atoms. The van der Waals surface area contributed by atoms with Crippen LogP contribution >= 0.6 is 0 Å². The quantitative estimate of drug-likeness (QED) is 0.293. The second kappa shape index (κ2) is 6.49. The molecule has 0 aliphatic heterocycles. The fourth-order valence-electron chi connectivity index (χ4n) is 3.37. The number of rotatable bonds is 1. The Morgan fingerprint density at radius 2 is 1.00 bits per heavy atom. The molecule has 2 heteroatoms. The van der Waals surface area contributed by atoms with Gasteiger partial charge in [-0.05, 0) is 63.5 Å². The van der Waals surface area contributed by atoms with E-state index in [1.165, 1.54) is 51.4 Å². The first-order valence-electron chi connectivity index (χ1n) is 8.56. The fourth-order valence-corrected chi connectivity index (χ4v) is 3.37. The van der Waals surface area contributed by atoms with Crippen molar-refractivity contribution < 1.29 is 9.90 Å². The predicted octanol–water partition coefficient (Wildman–Crippen LogP) is 6.18. The molecule has 0 amide bonds. The largest absolute Gasteiger partial charge is 0.508 e. The van der Waals surface area contributed by atoms with Gasteiger partial charge in [0, 0.05) is 5.56 Å². The highest BCUT2D eigenvalue weighted by atomic mass is 16.3. The Labute approximate surface area is 151 Å². The molecule has 5 rings (SSSR count). The highest BCUT2D eigenvalue weighted by Gasteiger charge is 2.06. The van der Waals surface area contributed by atoms with Crippen molar-refractivity contribution in [3.05, 3.63) is 90.5 Å². The molecule has 0 unspecified atom stereocenters. The first-order valence-corrected chi connectivity index (χ1v) is 8.56. The zero-order valence-corrected chi connectivity index (χ0v) is 14.4. The minimum Gasteiger partial charge on any atom is -0.508 e. The number of phenols is 1. The van der Waals surface area contributed by atoms with Gasteiger partial charge < -0.3 is 5.11 Å². The maximum absolute atomic E-state index is 10.7. The van der Waals surface area contributed by atoms with E-state index >= 15 is 0 Å². The number of aromatic hydroxyl groups is 1. The van der Waals surface area contributed by atoms with Crippen molar-refractivity contribution in [2.24, 2.45) is 0 Å². The average Bonchev–Trinajstić information content (AvgIpc) is 2.67. The smallest absolute Gasteiger partial charge is 0.159 e. The number of ketones is 1. The zero-order valence-electron chi connectivity index (χ0n) is 14.4. The minimum atomic E-state index is 0.0139. The van der Waals surface area contributed by atoms with Gasteiger partial charge in [0.25, 0.3) is 0 Å². The summed E-state index contributed by atoms with van der Waals surface area (Å²) in [7, 11) is 0. The van der Waals surface area contributed by atoms with Crippen LogP contribution in [0.1, 0.15) is 17.3 Å². The van der Waals surface area contributed by atoms with E-state index in [2.05, 4.69) is 60.7 Å². The summed E-state index contributed by atoms with van der Waals surface area (Å²) >= 11 is 0. The van der Waals surface area contributed by atoms with Gasteiger partial charge in [-0.25, -0.2) is 0 Å². The van der Waals surface area contributed by atoms with Crippen LogP contribution in [0.3, 0.4) is 0 Å². The molecule has 2 nitrogen and oxygen atoms in total. The molecule has 126 valence electrons. The van der Waals surface area contributed by atoms with Gasteiger partial charge in [-0.15, -0.1) is 0 Å². The van der Waals surface area contributed by atoms with Crippen LogP contribution in [0.2, 0.25) is 0 Å². The Bertz CT molecular complexity index is 1070. The molecule has 26 heavy (non-hydrogen) atoms. The lowest BCUT2D eigenvalue weighted by Gasteiger charge is -2.09. The predicted molar refractivity (Wildman–Crippen MR) is 108 cm³/mol. The van der Waals surface area contributed by atoms with Crippen molar-refractivity contribution in [2.45, 2.75) is 6.92 Å². The summed E-state index contributed by atoms with van der Waals surface area (Å²) in [5, 5.41) is 17.0. The Morgan fingerprint density at radius 1 is 0.615 bits per heavy atom. The van der Waals surface area contributed by atoms with E-state index in [1.807, 2.05) is 0 Å². The van der Waals surface area contributed by atoms with Gasteiger partial charge in [0.05, 0.1) is 0 Å². The highest BCUT2D eigenvalue weighted by Crippen LogP contribution is 2.33. The van der Waals surface area contributed by atoms with E-state index in [0.29, 0.717) is 5.56 Å². The van der Waals surface area contributed by atoms with Crippen molar-refractivity contribution in [1.82, 2.24) is 0 Å². The van der Waals surface area contributed by atoms with Gasteiger partial charge in [-0.1, -0.05) is 60.7 Å². The molecule has 5 aromatic rings. The molecular formula is C24H18O2. The Hall–Kier alpha value is -3.39. The summed E-state index contributed by atoms with van der Waals surface area (Å²) < 4.78 is 0. The number of hydrogen-bond donors (Lipinski definition) is 1. The third-order valence-electron chi connectivity index (χ3n) is 4.67. The Balaban J connectivity index is 0.000000146. The number of Topliss-reactive ketones (excluding diaryl/α,β-unsaturated/α-hetero) is 1. The minimum absolute atomic E-state index is 0.0139. The van der Waals surface area contributed by atoms with Crippen LogP contribution in [-0.2, 0) is 0 Å². The molecule has 5 aromatic carbocycles. The van der Waals surface area contributed by atoms with Crippen molar-refractivity contribution in [2.75, 3.05) is 0 Å². The molecule has 0 saturated heterocycles. The SMILES string of the molecule is CC(=O)c1ccc(O)cc1.c1cc2ccc3cccc4ccc(c1)c2c34. The van der Waals surface area contributed by atoms with Crippen LogP contribution in [0, 0.1) is 0 Å². The van der Waals surface area contributed by atoms with E-state index in [4.69, 9.17) is 5.11 Å². The van der Waals surface area contributed by atoms with Gasteiger partial charge in [0.1, 0.15) is 5.75 Å². The van der Waals surface area contributed by atoms with Gasteiger partial charge in [0.2, 0.25) is 0 Å². The van der Waals surface area contributed by atoms with E-state index in [1.54, 1.807) is 12.1 Å². The van der Waals surface area contributed by atoms with Crippen molar-refractivity contribution in [3.63, 3.8) is 0 Å². The molecular weight excluding hydrogens is 320 g/mol. The van der Waals surface area contributed by atoms with Crippen LogP contribution < -0.4 is 0 Å². The molecule has 0 spiro atoms. The van der Waals surface area contributed by atoms with E-state index in [-0.39, 0.29) is 11.5 Å². The second-order valence-corrected chi connectivity index (χ2v) is 6.39. The molecule has 0 aliphatic carbocycles. The fraction of sp³-hybridized carbons (Fsp3) is 0.0417. The molecule has 0 atom stereocenters. The molecule has 1 N–H and O–H groups in total. The number of benzene rings is 5. The Morgan fingerprint density at radius 3 is 1.35 bits per heavy atom. The van der Waals surface area contributed by atoms with Crippen LogP contribution in [0.4, 0.5) is 0 Å². The molecule has 0 aliphatic rings. The van der Waals surface area contributed by atoms with Crippen molar-refractivity contribution in [3.8, 4) is 5.75 Å². The topological polar surface area (TPSA) is 37.3 Å². The molecule has 0 saturated carbocycles. The average molecular weight is 338 g/mol. The maximum atomic E-state index is 10.7. The first kappa shape index (κ1) is 16.1. The van der Waals surface area contributed by atoms with Crippen molar-refractivity contribution >= 4 is 38.1 Å². The van der Waals surface area contributed by atoms with Crippen molar-refractivity contribution in [1.29, 1.82) is 0 Å². The van der Waals surface area contributed by atoms with Gasteiger partial charge >= 0.3 is 0 Å². The number of phenolic OH excluding ortho intramolecular Hbond substituents is 1. The third-order valence-corrected chi connectivity index (χ3v) is 4.67. The third kappa shape index (κ3) is 2.86. The lowest BCUT2D eigenvalue weighted by molar-refractivity contribution is 0.101. The highest BCUT2D eigenvalue weighted by molar-refractivity contribution is 6.22. The van der Waals surface area contributed by atoms with Crippen LogP contribution in [0.5, 0.6) is 5.75 Å². The molecule has 0 aromatic heterocycles. The normalized spacial score (nSPS) is 10.8. The van der Waals surface area contributed by atoms with Crippen LogP contribution in [0.15, 0.2) is 84.9 Å². The Kier molecular flexibility index (Phi) is 4.02. The summed E-state index contributed by atoms with van der Waals surface area (Å²) in [6.07, 6.45) is 0. The van der Waals surface area contributed by atoms with Gasteiger partial charge in [-0.2, -0.15) is 0 Å². The second-order valence-electron chi connectivity index (χ2n) is 6.39. The maximum Gasteiger partial charge on any atom is 0.159 e. The number of hydrogen-bond acceptors (Lipinski definition) is 2. The number of carbonyl (C=O) groups is 1. The van der Waals surface area contributed by atoms with Crippen LogP contribution in [-0.4, -0.2) is 10.9 Å². The standard InChI is InChI=1S/C16H10.C8H8O2/c1-3-11-7-9-13-5-2-6-14-10-8-12(4-1)15(11)16(13)14;1-6(9)7-2-4-8(10)5-3-7/h1-10H;2-5,10H,1H3. The summed E-state index contributed by atoms with van der Waals surface area (Å²) in [5.41, 5.74) is 0.623. The molecule has 0 fully saturated rings. The van der Waals surface area contributed by atoms with E-state index in [9.17, 15) is 4.79 Å². The summed E-state index contributed by atoms with van der Waals surface area (Å²) in [4.78, 5) is 10.7. The summed E-state index contributed by atoms with van der Waals surface area (Å²) in [6, 6.07) is 28.0. The number of carbonyl (C=O) groups excluding carboxylic acids is 1. The van der Waals surface area contributed by atoms with E-state index < -0.39 is 0 Å². The lowest BCUT2D eigenvalue weighted by atomic mass is 9.95. The molecule has 0 radical (unpaired) electrons. The summed E-state index contributed by atoms with van der Waals surface area (Å²) in [6.45, 7) is 1.49. The van der Waals surface area contributed by atoms with E-state index in [0.717, 1.165) is 0 Å². The van der Waals surface area contributed by atoms with Gasteiger partial charge in [-0.3, -0.25) is 4.79 Å². The van der Waals surface area contributed by atoms with Gasteiger partial charge in [0.15, 0.2) is 5.78 Å². The summed E-state index contributed by atoms with van der Waals surface area (Å²) in [5.74, 6) is 0.199. The lowest BCUT2D eigenvalue weighted by Crippen LogP contribution is -1.89.